The van der Waals surface area contributed by atoms with Crippen molar-refractivity contribution in [1.82, 2.24) is 0 Å². The van der Waals surface area contributed by atoms with Crippen molar-refractivity contribution < 1.29 is 27.9 Å². The number of carbonyl (C=O) groups excluding carboxylic acids is 1. The molecule has 8 heteroatoms. The van der Waals surface area contributed by atoms with Crippen molar-refractivity contribution in [3.8, 4) is 0 Å². The number of carbonyl (C=O) groups is 2. The van der Waals surface area contributed by atoms with Crippen LogP contribution in [0.4, 0.5) is 18.9 Å². The molecule has 2 atom stereocenters. The smallest absolute Gasteiger partial charge is 0.416 e. The SMILES string of the molecule is O=C(O)C1CC=CCC1C(=O)Nc1cc(C(F)(F)F)ccc1Cl. The Hall–Kier alpha value is -2.02. The highest BCUT2D eigenvalue weighted by Crippen LogP contribution is 2.35. The lowest BCUT2D eigenvalue weighted by Gasteiger charge is -2.24. The van der Waals surface area contributed by atoms with Crippen LogP contribution >= 0.6 is 11.6 Å². The Morgan fingerprint density at radius 2 is 1.78 bits per heavy atom. The van der Waals surface area contributed by atoms with Gasteiger partial charge in [0.1, 0.15) is 0 Å². The Kier molecular flexibility index (Phi) is 4.99. The number of benzene rings is 1. The molecule has 0 spiro atoms. The van der Waals surface area contributed by atoms with E-state index in [4.69, 9.17) is 16.7 Å². The first-order valence-electron chi connectivity index (χ1n) is 6.75. The van der Waals surface area contributed by atoms with E-state index in [1.165, 1.54) is 0 Å². The molecule has 0 saturated heterocycles. The molecule has 2 N–H and O–H groups in total. The predicted molar refractivity (Wildman–Crippen MR) is 78.1 cm³/mol. The lowest BCUT2D eigenvalue weighted by Crippen LogP contribution is -2.34. The lowest BCUT2D eigenvalue weighted by atomic mass is 9.82. The third kappa shape index (κ3) is 4.04. The van der Waals surface area contributed by atoms with Crippen molar-refractivity contribution in [2.75, 3.05) is 5.32 Å². The summed E-state index contributed by atoms with van der Waals surface area (Å²) in [5, 5.41) is 11.4. The van der Waals surface area contributed by atoms with Gasteiger partial charge in [-0.3, -0.25) is 9.59 Å². The van der Waals surface area contributed by atoms with Crippen LogP contribution < -0.4 is 5.32 Å². The Bertz CT molecular complexity index is 658. The Balaban J connectivity index is 2.23. The molecule has 0 aliphatic heterocycles. The summed E-state index contributed by atoms with van der Waals surface area (Å²) in [7, 11) is 0. The van der Waals surface area contributed by atoms with Crippen LogP contribution in [0.1, 0.15) is 18.4 Å². The van der Waals surface area contributed by atoms with E-state index in [2.05, 4.69) is 5.32 Å². The zero-order valence-corrected chi connectivity index (χ0v) is 12.5. The standard InChI is InChI=1S/C15H13ClF3NO3/c16-11-6-5-8(15(17,18)19)7-12(11)20-13(21)9-3-1-2-4-10(9)14(22)23/h1-2,5-7,9-10H,3-4H2,(H,20,21)(H,22,23). The van der Waals surface area contributed by atoms with E-state index in [9.17, 15) is 22.8 Å². The van der Waals surface area contributed by atoms with Crippen LogP contribution in [0.25, 0.3) is 0 Å². The number of alkyl halides is 3. The zero-order chi connectivity index (χ0) is 17.2. The van der Waals surface area contributed by atoms with Gasteiger partial charge in [0.2, 0.25) is 5.91 Å². The molecule has 0 aromatic heterocycles. The van der Waals surface area contributed by atoms with E-state index in [0.29, 0.717) is 0 Å². The number of aliphatic carboxylic acids is 1. The quantitative estimate of drug-likeness (QED) is 0.813. The van der Waals surface area contributed by atoms with Crippen LogP contribution in [-0.4, -0.2) is 17.0 Å². The van der Waals surface area contributed by atoms with Crippen molar-refractivity contribution in [2.24, 2.45) is 11.8 Å². The molecule has 124 valence electrons. The average Bonchev–Trinajstić information content (AvgIpc) is 2.48. The fraction of sp³-hybridized carbons (Fsp3) is 0.333. The second kappa shape index (κ2) is 6.62. The number of halogens is 4. The number of allylic oxidation sites excluding steroid dienone is 2. The molecule has 0 radical (unpaired) electrons. The topological polar surface area (TPSA) is 66.4 Å². The molecule has 2 rings (SSSR count). The predicted octanol–water partition coefficient (Wildman–Crippen LogP) is 3.96. The van der Waals surface area contributed by atoms with Gasteiger partial charge in [-0.25, -0.2) is 0 Å². The molecular formula is C15H13ClF3NO3. The Morgan fingerprint density at radius 3 is 2.35 bits per heavy atom. The van der Waals surface area contributed by atoms with Crippen molar-refractivity contribution in [3.63, 3.8) is 0 Å². The molecule has 1 aromatic rings. The van der Waals surface area contributed by atoms with Crippen molar-refractivity contribution in [3.05, 3.63) is 40.9 Å². The number of carboxylic acid groups (broad SMARTS) is 1. The molecule has 0 fully saturated rings. The van der Waals surface area contributed by atoms with Crippen molar-refractivity contribution >= 4 is 29.2 Å². The maximum Gasteiger partial charge on any atom is 0.416 e. The lowest BCUT2D eigenvalue weighted by molar-refractivity contribution is -0.146. The van der Waals surface area contributed by atoms with E-state index in [-0.39, 0.29) is 23.6 Å². The molecule has 1 aromatic carbocycles. The molecule has 0 saturated carbocycles. The second-order valence-corrected chi connectivity index (χ2v) is 5.58. The summed E-state index contributed by atoms with van der Waals surface area (Å²) in [6, 6.07) is 2.57. The average molecular weight is 348 g/mol. The Labute approximate surface area is 134 Å². The summed E-state index contributed by atoms with van der Waals surface area (Å²) in [6.45, 7) is 0. The van der Waals surface area contributed by atoms with Gasteiger partial charge in [0.25, 0.3) is 0 Å². The van der Waals surface area contributed by atoms with Crippen LogP contribution in [0, 0.1) is 11.8 Å². The van der Waals surface area contributed by atoms with Gasteiger partial charge in [-0.1, -0.05) is 23.8 Å². The van der Waals surface area contributed by atoms with Crippen LogP contribution in [0.3, 0.4) is 0 Å². The van der Waals surface area contributed by atoms with Crippen molar-refractivity contribution in [1.29, 1.82) is 0 Å². The summed E-state index contributed by atoms with van der Waals surface area (Å²) in [6.07, 6.45) is -0.818. The van der Waals surface area contributed by atoms with Gasteiger partial charge in [0, 0.05) is 0 Å². The number of carboxylic acids is 1. The number of nitrogens with one attached hydrogen (secondary N) is 1. The number of amides is 1. The van der Waals surface area contributed by atoms with Gasteiger partial charge < -0.3 is 10.4 Å². The van der Waals surface area contributed by atoms with Crippen molar-refractivity contribution in [2.45, 2.75) is 19.0 Å². The highest BCUT2D eigenvalue weighted by Gasteiger charge is 2.35. The van der Waals surface area contributed by atoms with Gasteiger partial charge in [-0.2, -0.15) is 13.2 Å². The van der Waals surface area contributed by atoms with Gasteiger partial charge in [0.05, 0.1) is 28.1 Å². The number of hydrogen-bond acceptors (Lipinski definition) is 2. The third-order valence-electron chi connectivity index (χ3n) is 3.64. The van der Waals surface area contributed by atoms with E-state index in [1.807, 2.05) is 0 Å². The summed E-state index contributed by atoms with van der Waals surface area (Å²) < 4.78 is 38.2. The normalized spacial score (nSPS) is 21.0. The molecule has 1 aliphatic rings. The van der Waals surface area contributed by atoms with Crippen LogP contribution in [-0.2, 0) is 15.8 Å². The summed E-state index contributed by atoms with van der Waals surface area (Å²) in [5.74, 6) is -3.56. The van der Waals surface area contributed by atoms with Crippen LogP contribution in [0.5, 0.6) is 0 Å². The van der Waals surface area contributed by atoms with E-state index < -0.39 is 35.5 Å². The summed E-state index contributed by atoms with van der Waals surface area (Å²) >= 11 is 5.82. The fourth-order valence-electron chi connectivity index (χ4n) is 2.40. The monoisotopic (exact) mass is 347 g/mol. The van der Waals surface area contributed by atoms with Crippen LogP contribution in [0.15, 0.2) is 30.4 Å². The zero-order valence-electron chi connectivity index (χ0n) is 11.7. The van der Waals surface area contributed by atoms with Gasteiger partial charge in [0.15, 0.2) is 0 Å². The first-order valence-corrected chi connectivity index (χ1v) is 7.13. The first kappa shape index (κ1) is 17.3. The number of hydrogen-bond donors (Lipinski definition) is 2. The number of anilines is 1. The highest BCUT2D eigenvalue weighted by atomic mass is 35.5. The molecule has 1 amide bonds. The van der Waals surface area contributed by atoms with E-state index in [0.717, 1.165) is 18.2 Å². The summed E-state index contributed by atoms with van der Waals surface area (Å²) in [5.41, 5.74) is -1.14. The molecule has 0 heterocycles. The maximum absolute atomic E-state index is 12.7. The van der Waals surface area contributed by atoms with Gasteiger partial charge >= 0.3 is 12.1 Å². The molecule has 2 unspecified atom stereocenters. The largest absolute Gasteiger partial charge is 0.481 e. The molecule has 4 nitrogen and oxygen atoms in total. The molecular weight excluding hydrogens is 335 g/mol. The number of rotatable bonds is 3. The molecule has 1 aliphatic carbocycles. The molecule has 23 heavy (non-hydrogen) atoms. The minimum absolute atomic E-state index is 0.0513. The fourth-order valence-corrected chi connectivity index (χ4v) is 2.56. The summed E-state index contributed by atoms with van der Waals surface area (Å²) in [4.78, 5) is 23.4. The third-order valence-corrected chi connectivity index (χ3v) is 3.97. The van der Waals surface area contributed by atoms with Gasteiger partial charge in [-0.15, -0.1) is 0 Å². The first-order chi connectivity index (χ1) is 10.7. The minimum atomic E-state index is -4.57. The Morgan fingerprint density at radius 1 is 1.17 bits per heavy atom. The second-order valence-electron chi connectivity index (χ2n) is 5.18. The van der Waals surface area contributed by atoms with Gasteiger partial charge in [-0.05, 0) is 31.0 Å². The highest BCUT2D eigenvalue weighted by molar-refractivity contribution is 6.33. The minimum Gasteiger partial charge on any atom is -0.481 e. The maximum atomic E-state index is 12.7. The van der Waals surface area contributed by atoms with E-state index >= 15 is 0 Å². The van der Waals surface area contributed by atoms with Crippen LogP contribution in [0.2, 0.25) is 5.02 Å². The van der Waals surface area contributed by atoms with E-state index in [1.54, 1.807) is 12.2 Å². The molecule has 0 bridgehead atoms.